The van der Waals surface area contributed by atoms with E-state index in [2.05, 4.69) is 5.32 Å². The maximum Gasteiger partial charge on any atom is 0.335 e. The van der Waals surface area contributed by atoms with Gasteiger partial charge in [0.05, 0.1) is 5.56 Å². The number of hydrogen-bond acceptors (Lipinski definition) is 3. The van der Waals surface area contributed by atoms with E-state index in [1.54, 1.807) is 12.1 Å². The van der Waals surface area contributed by atoms with Crippen LogP contribution in [0.3, 0.4) is 0 Å². The molecule has 0 aliphatic rings. The molecule has 1 rings (SSSR count). The highest BCUT2D eigenvalue weighted by molar-refractivity contribution is 5.87. The van der Waals surface area contributed by atoms with Gasteiger partial charge in [-0.3, -0.25) is 0 Å². The highest BCUT2D eigenvalue weighted by Gasteiger charge is 2.15. The van der Waals surface area contributed by atoms with Crippen LogP contribution in [0, 0.1) is 0 Å². The predicted octanol–water partition coefficient (Wildman–Crippen LogP) is 1.10. The van der Waals surface area contributed by atoms with Crippen molar-refractivity contribution < 1.29 is 23.8 Å². The summed E-state index contributed by atoms with van der Waals surface area (Å²) in [6, 6.07) is 6.14. The summed E-state index contributed by atoms with van der Waals surface area (Å²) in [7, 11) is 0. The molecule has 1 atom stereocenters. The third kappa shape index (κ3) is 4.46. The van der Waals surface area contributed by atoms with Crippen molar-refractivity contribution in [1.29, 1.82) is 0 Å². The molecule has 4 nitrogen and oxygen atoms in total. The van der Waals surface area contributed by atoms with Gasteiger partial charge in [0.25, 0.3) is 6.43 Å². The van der Waals surface area contributed by atoms with Crippen molar-refractivity contribution in [3.8, 4) is 0 Å². The Labute approximate surface area is 96.9 Å². The van der Waals surface area contributed by atoms with Gasteiger partial charge >= 0.3 is 5.97 Å². The van der Waals surface area contributed by atoms with E-state index in [0.717, 1.165) is 0 Å². The van der Waals surface area contributed by atoms with Crippen molar-refractivity contribution in [1.82, 2.24) is 5.32 Å². The van der Waals surface area contributed by atoms with E-state index in [4.69, 9.17) is 10.2 Å². The van der Waals surface area contributed by atoms with Gasteiger partial charge in [-0.2, -0.15) is 0 Å². The van der Waals surface area contributed by atoms with Crippen LogP contribution in [0.5, 0.6) is 0 Å². The number of nitrogens with one attached hydrogen (secondary N) is 1. The first-order chi connectivity index (χ1) is 8.00. The first-order valence-electron chi connectivity index (χ1n) is 5.00. The van der Waals surface area contributed by atoms with Gasteiger partial charge in [-0.25, -0.2) is 13.6 Å². The van der Waals surface area contributed by atoms with Crippen molar-refractivity contribution in [3.63, 3.8) is 0 Å². The average Bonchev–Trinajstić information content (AvgIpc) is 2.29. The third-order valence-corrected chi connectivity index (χ3v) is 2.15. The van der Waals surface area contributed by atoms with E-state index in [9.17, 15) is 13.6 Å². The predicted molar refractivity (Wildman–Crippen MR) is 57.1 cm³/mol. The zero-order chi connectivity index (χ0) is 12.8. The molecule has 0 heterocycles. The molecule has 1 unspecified atom stereocenters. The van der Waals surface area contributed by atoms with Crippen molar-refractivity contribution in [3.05, 3.63) is 35.4 Å². The second-order valence-electron chi connectivity index (χ2n) is 3.54. The van der Waals surface area contributed by atoms with Crippen LogP contribution in [0.2, 0.25) is 0 Å². The summed E-state index contributed by atoms with van der Waals surface area (Å²) in [5.41, 5.74) is 0.796. The molecule has 0 aliphatic heterocycles. The minimum Gasteiger partial charge on any atom is -0.478 e. The summed E-state index contributed by atoms with van der Waals surface area (Å²) in [5, 5.41) is 20.2. The van der Waals surface area contributed by atoms with Gasteiger partial charge in [0.15, 0.2) is 0 Å². The molecule has 0 radical (unpaired) electrons. The lowest BCUT2D eigenvalue weighted by molar-refractivity contribution is -0.00340. The minimum atomic E-state index is -2.78. The molecule has 0 fully saturated rings. The summed E-state index contributed by atoms with van der Waals surface area (Å²) >= 11 is 0. The van der Waals surface area contributed by atoms with Crippen LogP contribution in [0.1, 0.15) is 15.9 Å². The fourth-order valence-electron chi connectivity index (χ4n) is 1.27. The van der Waals surface area contributed by atoms with Gasteiger partial charge < -0.3 is 15.5 Å². The van der Waals surface area contributed by atoms with Crippen LogP contribution in [-0.4, -0.2) is 35.3 Å². The van der Waals surface area contributed by atoms with Crippen molar-refractivity contribution >= 4 is 5.97 Å². The highest BCUT2D eigenvalue weighted by Crippen LogP contribution is 2.05. The molecular formula is C11H13F2NO3. The average molecular weight is 245 g/mol. The Morgan fingerprint density at radius 3 is 2.71 bits per heavy atom. The monoisotopic (exact) mass is 245 g/mol. The molecule has 0 spiro atoms. The van der Waals surface area contributed by atoms with Crippen LogP contribution >= 0.6 is 0 Å². The maximum absolute atomic E-state index is 12.0. The number of aliphatic hydroxyl groups is 1. The first-order valence-corrected chi connectivity index (χ1v) is 5.00. The van der Waals surface area contributed by atoms with Gasteiger partial charge in [0.1, 0.15) is 6.10 Å². The number of benzene rings is 1. The normalized spacial score (nSPS) is 12.7. The number of rotatable bonds is 6. The summed E-state index contributed by atoms with van der Waals surface area (Å²) in [6.07, 6.45) is -4.49. The fourth-order valence-corrected chi connectivity index (χ4v) is 1.27. The molecule has 1 aromatic carbocycles. The number of carboxylic acid groups (broad SMARTS) is 1. The van der Waals surface area contributed by atoms with Crippen LogP contribution in [0.25, 0.3) is 0 Å². The summed E-state index contributed by atoms with van der Waals surface area (Å²) in [6.45, 7) is -0.0140. The molecule has 0 saturated carbocycles. The minimum absolute atomic E-state index is 0.138. The quantitative estimate of drug-likeness (QED) is 0.702. The van der Waals surface area contributed by atoms with Crippen molar-refractivity contribution in [2.45, 2.75) is 19.1 Å². The summed E-state index contributed by atoms with van der Waals surface area (Å²) < 4.78 is 23.9. The number of carboxylic acids is 1. The Balaban J connectivity index is 2.47. The zero-order valence-corrected chi connectivity index (χ0v) is 8.94. The Morgan fingerprint density at radius 2 is 2.12 bits per heavy atom. The Bertz CT molecular complexity index is 385. The lowest BCUT2D eigenvalue weighted by atomic mass is 10.1. The molecule has 0 aromatic heterocycles. The number of hydrogen-bond donors (Lipinski definition) is 3. The zero-order valence-electron chi connectivity index (χ0n) is 8.94. The standard InChI is InChI=1S/C11H13F2NO3/c12-10(13)9(15)6-14-5-7-2-1-3-8(4-7)11(16)17/h1-4,9-10,14-15H,5-6H2,(H,16,17). The van der Waals surface area contributed by atoms with Gasteiger partial charge in [-0.15, -0.1) is 0 Å². The molecule has 0 aliphatic carbocycles. The van der Waals surface area contributed by atoms with Gasteiger partial charge in [0.2, 0.25) is 0 Å². The molecule has 0 amide bonds. The number of halogens is 2. The van der Waals surface area contributed by atoms with Crippen LogP contribution in [-0.2, 0) is 6.54 Å². The smallest absolute Gasteiger partial charge is 0.335 e. The van der Waals surface area contributed by atoms with Crippen LogP contribution in [0.4, 0.5) is 8.78 Å². The van der Waals surface area contributed by atoms with E-state index in [1.165, 1.54) is 12.1 Å². The van der Waals surface area contributed by atoms with E-state index >= 15 is 0 Å². The van der Waals surface area contributed by atoms with Crippen LogP contribution < -0.4 is 5.32 Å². The Hall–Kier alpha value is -1.53. The second-order valence-corrected chi connectivity index (χ2v) is 3.54. The van der Waals surface area contributed by atoms with E-state index in [-0.39, 0.29) is 18.7 Å². The van der Waals surface area contributed by atoms with Gasteiger partial charge in [-0.05, 0) is 17.7 Å². The first kappa shape index (κ1) is 13.5. The van der Waals surface area contributed by atoms with Crippen LogP contribution in [0.15, 0.2) is 24.3 Å². The summed E-state index contributed by atoms with van der Waals surface area (Å²) in [4.78, 5) is 10.7. The largest absolute Gasteiger partial charge is 0.478 e. The Morgan fingerprint density at radius 1 is 1.41 bits per heavy atom. The number of carbonyl (C=O) groups is 1. The molecule has 3 N–H and O–H groups in total. The van der Waals surface area contributed by atoms with Crippen molar-refractivity contribution in [2.75, 3.05) is 6.54 Å². The molecule has 1 aromatic rings. The maximum atomic E-state index is 12.0. The SMILES string of the molecule is O=C(O)c1cccc(CNCC(O)C(F)F)c1. The lowest BCUT2D eigenvalue weighted by Crippen LogP contribution is -2.31. The molecule has 0 bridgehead atoms. The molecule has 94 valence electrons. The number of alkyl halides is 2. The fraction of sp³-hybridized carbons (Fsp3) is 0.364. The van der Waals surface area contributed by atoms with E-state index < -0.39 is 18.5 Å². The van der Waals surface area contributed by atoms with Gasteiger partial charge in [-0.1, -0.05) is 12.1 Å². The topological polar surface area (TPSA) is 69.6 Å². The number of aliphatic hydroxyl groups excluding tert-OH is 1. The number of aromatic carboxylic acids is 1. The van der Waals surface area contributed by atoms with Gasteiger partial charge in [0, 0.05) is 13.1 Å². The lowest BCUT2D eigenvalue weighted by Gasteiger charge is -2.10. The molecular weight excluding hydrogens is 232 g/mol. The summed E-state index contributed by atoms with van der Waals surface area (Å²) in [5.74, 6) is -1.04. The molecule has 17 heavy (non-hydrogen) atoms. The molecule has 6 heteroatoms. The Kier molecular flexibility index (Phi) is 4.99. The highest BCUT2D eigenvalue weighted by atomic mass is 19.3. The van der Waals surface area contributed by atoms with E-state index in [1.807, 2.05) is 0 Å². The third-order valence-electron chi connectivity index (χ3n) is 2.15. The second kappa shape index (κ2) is 6.27. The molecule has 0 saturated heterocycles. The van der Waals surface area contributed by atoms with E-state index in [0.29, 0.717) is 5.56 Å². The van der Waals surface area contributed by atoms with Crippen molar-refractivity contribution in [2.24, 2.45) is 0 Å².